The van der Waals surface area contributed by atoms with Crippen LogP contribution in [0.4, 0.5) is 0 Å². The molecule has 0 aliphatic carbocycles. The van der Waals surface area contributed by atoms with Gasteiger partial charge in [-0.25, -0.2) is 4.98 Å². The molecule has 4 atom stereocenters. The number of aliphatic carboxylic acids is 1. The minimum absolute atomic E-state index is 0.0428. The number of hydrogen-bond acceptors (Lipinski definition) is 5. The van der Waals surface area contributed by atoms with E-state index in [0.29, 0.717) is 5.69 Å². The van der Waals surface area contributed by atoms with E-state index in [1.807, 2.05) is 13.8 Å². The number of carbonyl (C=O) groups excluding carboxylic acids is 2. The summed E-state index contributed by atoms with van der Waals surface area (Å²) in [6.07, 6.45) is 3.86. The van der Waals surface area contributed by atoms with E-state index >= 15 is 0 Å². The molecule has 0 spiro atoms. The summed E-state index contributed by atoms with van der Waals surface area (Å²) in [6, 6.07) is -2.76. The number of nitrogens with one attached hydrogen (secondary N) is 3. The summed E-state index contributed by atoms with van der Waals surface area (Å²) in [5.74, 6) is -2.25. The molecule has 0 aliphatic heterocycles. The van der Waals surface area contributed by atoms with E-state index in [9.17, 15) is 14.4 Å². The number of nitrogens with two attached hydrogens (primary N) is 1. The van der Waals surface area contributed by atoms with Gasteiger partial charge in [0.1, 0.15) is 12.1 Å². The number of aromatic amines is 1. The van der Waals surface area contributed by atoms with E-state index in [2.05, 4.69) is 20.6 Å². The fraction of sp³-hybridized carbons (Fsp3) is 0.600. The first-order chi connectivity index (χ1) is 11.3. The van der Waals surface area contributed by atoms with Crippen LogP contribution in [0.15, 0.2) is 12.5 Å². The molecule has 2 amide bonds. The average molecular weight is 339 g/mol. The van der Waals surface area contributed by atoms with E-state index in [1.54, 1.807) is 0 Å². The predicted octanol–water partition coefficient (Wildman–Crippen LogP) is -0.600. The molecule has 1 rings (SSSR count). The number of amides is 2. The van der Waals surface area contributed by atoms with Crippen LogP contribution in [0.2, 0.25) is 0 Å². The Hall–Kier alpha value is -2.42. The van der Waals surface area contributed by atoms with Gasteiger partial charge >= 0.3 is 5.97 Å². The van der Waals surface area contributed by atoms with Crippen molar-refractivity contribution in [3.8, 4) is 0 Å². The number of carboxylic acids is 1. The Balaban J connectivity index is 2.82. The molecular weight excluding hydrogens is 314 g/mol. The van der Waals surface area contributed by atoms with Gasteiger partial charge in [0.2, 0.25) is 11.8 Å². The van der Waals surface area contributed by atoms with Crippen molar-refractivity contribution < 1.29 is 19.5 Å². The number of nitrogens with zero attached hydrogens (tertiary/aromatic N) is 1. The monoisotopic (exact) mass is 339 g/mol. The second kappa shape index (κ2) is 9.02. The Morgan fingerprint density at radius 2 is 1.96 bits per heavy atom. The Bertz CT molecular complexity index is 560. The molecule has 0 radical (unpaired) electrons. The highest BCUT2D eigenvalue weighted by atomic mass is 16.4. The molecule has 0 fully saturated rings. The number of rotatable bonds is 9. The molecular formula is C15H25N5O4. The maximum absolute atomic E-state index is 12.3. The van der Waals surface area contributed by atoms with Gasteiger partial charge in [-0.05, 0) is 12.8 Å². The number of carboxylic acid groups (broad SMARTS) is 1. The zero-order valence-electron chi connectivity index (χ0n) is 14.1. The summed E-state index contributed by atoms with van der Waals surface area (Å²) in [5.41, 5.74) is 6.52. The molecule has 6 N–H and O–H groups in total. The minimum Gasteiger partial charge on any atom is -0.480 e. The first kappa shape index (κ1) is 19.6. The molecule has 0 aromatic carbocycles. The average Bonchev–Trinajstić information content (AvgIpc) is 3.05. The van der Waals surface area contributed by atoms with Gasteiger partial charge in [0.15, 0.2) is 0 Å². The summed E-state index contributed by atoms with van der Waals surface area (Å²) in [7, 11) is 0. The molecule has 24 heavy (non-hydrogen) atoms. The van der Waals surface area contributed by atoms with Crippen LogP contribution < -0.4 is 16.4 Å². The summed E-state index contributed by atoms with van der Waals surface area (Å²) in [5, 5.41) is 13.9. The highest BCUT2D eigenvalue weighted by Gasteiger charge is 2.28. The normalized spacial score (nSPS) is 15.8. The number of imidazole rings is 1. The molecule has 0 unspecified atom stereocenters. The Labute approximate surface area is 140 Å². The van der Waals surface area contributed by atoms with Gasteiger partial charge in [0, 0.05) is 18.3 Å². The van der Waals surface area contributed by atoms with Crippen LogP contribution in [0.5, 0.6) is 0 Å². The van der Waals surface area contributed by atoms with E-state index in [-0.39, 0.29) is 12.3 Å². The largest absolute Gasteiger partial charge is 0.480 e. The van der Waals surface area contributed by atoms with E-state index in [1.165, 1.54) is 19.4 Å². The van der Waals surface area contributed by atoms with Crippen LogP contribution >= 0.6 is 0 Å². The van der Waals surface area contributed by atoms with Crippen LogP contribution in [-0.4, -0.2) is 51.0 Å². The third-order valence-corrected chi connectivity index (χ3v) is 3.90. The lowest BCUT2D eigenvalue weighted by Crippen LogP contribution is -2.55. The van der Waals surface area contributed by atoms with Crippen LogP contribution in [-0.2, 0) is 20.8 Å². The summed E-state index contributed by atoms with van der Waals surface area (Å²) >= 11 is 0. The quantitative estimate of drug-likeness (QED) is 0.405. The fourth-order valence-corrected chi connectivity index (χ4v) is 1.98. The van der Waals surface area contributed by atoms with Gasteiger partial charge in [-0.3, -0.25) is 14.4 Å². The highest BCUT2D eigenvalue weighted by molar-refractivity contribution is 5.91. The lowest BCUT2D eigenvalue weighted by molar-refractivity contribution is -0.141. The predicted molar refractivity (Wildman–Crippen MR) is 86.9 cm³/mol. The van der Waals surface area contributed by atoms with Gasteiger partial charge in [-0.2, -0.15) is 0 Å². The first-order valence-electron chi connectivity index (χ1n) is 7.82. The van der Waals surface area contributed by atoms with Gasteiger partial charge in [0.05, 0.1) is 12.4 Å². The Morgan fingerprint density at radius 1 is 1.29 bits per heavy atom. The molecule has 0 saturated heterocycles. The second-order valence-corrected chi connectivity index (χ2v) is 5.82. The van der Waals surface area contributed by atoms with Crippen LogP contribution in [0.3, 0.4) is 0 Å². The molecule has 9 nitrogen and oxygen atoms in total. The topological polar surface area (TPSA) is 150 Å². The third kappa shape index (κ3) is 5.65. The summed E-state index contributed by atoms with van der Waals surface area (Å²) in [4.78, 5) is 42.2. The smallest absolute Gasteiger partial charge is 0.325 e. The number of carbonyl (C=O) groups is 3. The van der Waals surface area contributed by atoms with Crippen molar-refractivity contribution in [3.05, 3.63) is 18.2 Å². The van der Waals surface area contributed by atoms with E-state index < -0.39 is 35.9 Å². The van der Waals surface area contributed by atoms with Crippen LogP contribution in [0, 0.1) is 5.92 Å². The zero-order valence-corrected chi connectivity index (χ0v) is 14.1. The van der Waals surface area contributed by atoms with Crippen LogP contribution in [0.25, 0.3) is 0 Å². The van der Waals surface area contributed by atoms with Crippen molar-refractivity contribution in [1.29, 1.82) is 0 Å². The maximum atomic E-state index is 12.3. The first-order valence-corrected chi connectivity index (χ1v) is 7.82. The van der Waals surface area contributed by atoms with E-state index in [4.69, 9.17) is 10.8 Å². The lowest BCUT2D eigenvalue weighted by Gasteiger charge is -2.23. The molecule has 9 heteroatoms. The number of aromatic nitrogens is 2. The molecule has 0 aliphatic rings. The van der Waals surface area contributed by atoms with Crippen molar-refractivity contribution in [2.45, 2.75) is 51.7 Å². The zero-order chi connectivity index (χ0) is 18.3. The highest BCUT2D eigenvalue weighted by Crippen LogP contribution is 2.07. The van der Waals surface area contributed by atoms with Gasteiger partial charge < -0.3 is 26.5 Å². The van der Waals surface area contributed by atoms with Crippen LogP contribution in [0.1, 0.15) is 32.9 Å². The molecule has 0 bridgehead atoms. The molecule has 1 heterocycles. The van der Waals surface area contributed by atoms with E-state index in [0.717, 1.165) is 6.42 Å². The molecule has 1 aromatic rings. The standard InChI is InChI=1S/C15H25N5O4/c1-4-8(2)12(16)14(22)20-11(5-10-6-17-7-18-10)13(21)19-9(3)15(23)24/h6-9,11-12H,4-5,16H2,1-3H3,(H,17,18)(H,19,21)(H,20,22)(H,23,24)/t8-,9-,11-,12-/m0/s1. The molecule has 0 saturated carbocycles. The number of hydrogen-bond donors (Lipinski definition) is 5. The van der Waals surface area contributed by atoms with Gasteiger partial charge in [-0.15, -0.1) is 0 Å². The molecule has 134 valence electrons. The summed E-state index contributed by atoms with van der Waals surface area (Å²) in [6.45, 7) is 5.11. The minimum atomic E-state index is -1.16. The van der Waals surface area contributed by atoms with Crippen molar-refractivity contribution in [2.75, 3.05) is 0 Å². The Morgan fingerprint density at radius 3 is 2.46 bits per heavy atom. The third-order valence-electron chi connectivity index (χ3n) is 3.90. The SMILES string of the molecule is CC[C@H](C)[C@H](N)C(=O)N[C@@H](Cc1cnc[nH]1)C(=O)N[C@@H](C)C(=O)O. The lowest BCUT2D eigenvalue weighted by atomic mass is 9.98. The van der Waals surface area contributed by atoms with Crippen molar-refractivity contribution in [3.63, 3.8) is 0 Å². The van der Waals surface area contributed by atoms with Crippen molar-refractivity contribution in [1.82, 2.24) is 20.6 Å². The van der Waals surface area contributed by atoms with Crippen molar-refractivity contribution in [2.24, 2.45) is 11.7 Å². The molecule has 1 aromatic heterocycles. The van der Waals surface area contributed by atoms with Gasteiger partial charge in [0.25, 0.3) is 0 Å². The Kier molecular flexibility index (Phi) is 7.37. The van der Waals surface area contributed by atoms with Gasteiger partial charge in [-0.1, -0.05) is 20.3 Å². The van der Waals surface area contributed by atoms with Crippen molar-refractivity contribution >= 4 is 17.8 Å². The fourth-order valence-electron chi connectivity index (χ4n) is 1.98. The summed E-state index contributed by atoms with van der Waals surface area (Å²) < 4.78 is 0. The number of H-pyrrole nitrogens is 1. The second-order valence-electron chi connectivity index (χ2n) is 5.82. The maximum Gasteiger partial charge on any atom is 0.325 e.